The van der Waals surface area contributed by atoms with Gasteiger partial charge in [-0.15, -0.1) is 0 Å². The molecule has 1 saturated heterocycles. The van der Waals surface area contributed by atoms with Crippen LogP contribution < -0.4 is 0 Å². The van der Waals surface area contributed by atoms with E-state index >= 15 is 0 Å². The molecule has 1 aliphatic rings. The summed E-state index contributed by atoms with van der Waals surface area (Å²) in [6, 6.07) is 15.4. The Bertz CT molecular complexity index is 1140. The Kier molecular flexibility index (Phi) is 4.78. The largest absolute Gasteiger partial charge is 0.479 e. The molecule has 0 radical (unpaired) electrons. The van der Waals surface area contributed by atoms with Crippen molar-refractivity contribution in [1.29, 1.82) is 0 Å². The van der Waals surface area contributed by atoms with Crippen LogP contribution in [0.4, 0.5) is 0 Å². The summed E-state index contributed by atoms with van der Waals surface area (Å²) in [6.45, 7) is 0. The Balaban J connectivity index is 1.74. The van der Waals surface area contributed by atoms with E-state index in [-0.39, 0.29) is 10.2 Å². The second-order valence-corrected chi connectivity index (χ2v) is 8.09. The number of hydrogen-bond donors (Lipinski definition) is 1. The third-order valence-corrected chi connectivity index (χ3v) is 5.98. The summed E-state index contributed by atoms with van der Waals surface area (Å²) >= 11 is 6.50. The summed E-state index contributed by atoms with van der Waals surface area (Å²) in [4.78, 5) is 26.6. The van der Waals surface area contributed by atoms with Crippen LogP contribution in [0.15, 0.2) is 65.7 Å². The maximum absolute atomic E-state index is 13.1. The number of aliphatic carboxylic acids is 1. The Morgan fingerprint density at radius 2 is 1.82 bits per heavy atom. The second kappa shape index (κ2) is 7.26. The van der Waals surface area contributed by atoms with Gasteiger partial charge in [0.25, 0.3) is 5.91 Å². The van der Waals surface area contributed by atoms with Gasteiger partial charge in [0, 0.05) is 29.7 Å². The molecule has 1 aliphatic heterocycles. The number of thiocarbonyl (C=S) groups is 1. The minimum atomic E-state index is -1.15. The first-order valence-electron chi connectivity index (χ1n) is 8.56. The minimum absolute atomic E-state index is 0.243. The Labute approximate surface area is 171 Å². The third-order valence-electron chi connectivity index (χ3n) is 4.65. The van der Waals surface area contributed by atoms with Crippen molar-refractivity contribution in [3.05, 3.63) is 76.8 Å². The number of aryl methyl sites for hydroxylation is 1. The normalized spacial score (nSPS) is 16.9. The van der Waals surface area contributed by atoms with Crippen LogP contribution in [0.25, 0.3) is 17.0 Å². The van der Waals surface area contributed by atoms with Crippen LogP contribution >= 0.6 is 24.0 Å². The van der Waals surface area contributed by atoms with Gasteiger partial charge in [0.1, 0.15) is 4.32 Å². The SMILES string of the molecule is Cn1cc(C=C2SC(=S)N(C(C(=O)O)c3ccccc3)C2=O)c2ccccc21. The zero-order valence-corrected chi connectivity index (χ0v) is 16.5. The lowest BCUT2D eigenvalue weighted by Gasteiger charge is -2.23. The number of benzene rings is 2. The van der Waals surface area contributed by atoms with E-state index in [1.54, 1.807) is 36.4 Å². The van der Waals surface area contributed by atoms with Crippen LogP contribution in [0.2, 0.25) is 0 Å². The van der Waals surface area contributed by atoms with E-state index in [1.807, 2.05) is 42.1 Å². The number of hydrogen-bond acceptors (Lipinski definition) is 4. The lowest BCUT2D eigenvalue weighted by molar-refractivity contribution is -0.145. The molecular formula is C21H16N2O3S2. The predicted octanol–water partition coefficient (Wildman–Crippen LogP) is 4.21. The Morgan fingerprint density at radius 3 is 2.54 bits per heavy atom. The van der Waals surface area contributed by atoms with E-state index in [2.05, 4.69) is 0 Å². The molecule has 1 unspecified atom stereocenters. The van der Waals surface area contributed by atoms with Gasteiger partial charge in [0.05, 0.1) is 4.91 Å². The molecule has 1 fully saturated rings. The monoisotopic (exact) mass is 408 g/mol. The number of rotatable bonds is 4. The predicted molar refractivity (Wildman–Crippen MR) is 115 cm³/mol. The minimum Gasteiger partial charge on any atom is -0.479 e. The highest BCUT2D eigenvalue weighted by molar-refractivity contribution is 8.26. The van der Waals surface area contributed by atoms with Gasteiger partial charge in [-0.25, -0.2) is 4.79 Å². The number of carbonyl (C=O) groups is 2. The number of carboxylic acids is 1. The van der Waals surface area contributed by atoms with Gasteiger partial charge in [0.15, 0.2) is 6.04 Å². The average Bonchev–Trinajstić information content (AvgIpc) is 3.14. The number of para-hydroxylation sites is 1. The van der Waals surface area contributed by atoms with Crippen LogP contribution in [0.5, 0.6) is 0 Å². The van der Waals surface area contributed by atoms with Gasteiger partial charge in [-0.2, -0.15) is 0 Å². The van der Waals surface area contributed by atoms with Crippen molar-refractivity contribution in [2.75, 3.05) is 0 Å². The van der Waals surface area contributed by atoms with E-state index in [9.17, 15) is 14.7 Å². The zero-order valence-electron chi connectivity index (χ0n) is 14.9. The fourth-order valence-corrected chi connectivity index (χ4v) is 4.67. The molecule has 1 aromatic heterocycles. The summed E-state index contributed by atoms with van der Waals surface area (Å²) in [5, 5.41) is 10.8. The fraction of sp³-hybridized carbons (Fsp3) is 0.0952. The zero-order chi connectivity index (χ0) is 19.8. The topological polar surface area (TPSA) is 62.5 Å². The van der Waals surface area contributed by atoms with Crippen molar-refractivity contribution >= 4 is 57.2 Å². The first-order chi connectivity index (χ1) is 13.5. The van der Waals surface area contributed by atoms with Gasteiger partial charge in [0.2, 0.25) is 0 Å². The lowest BCUT2D eigenvalue weighted by Crippen LogP contribution is -2.37. The summed E-state index contributed by atoms with van der Waals surface area (Å²) in [7, 11) is 1.95. The molecule has 0 saturated carbocycles. The van der Waals surface area contributed by atoms with Crippen molar-refractivity contribution in [1.82, 2.24) is 9.47 Å². The average molecular weight is 409 g/mol. The molecule has 3 aromatic rings. The quantitative estimate of drug-likeness (QED) is 0.518. The first kappa shape index (κ1) is 18.5. The molecule has 1 N–H and O–H groups in total. The highest BCUT2D eigenvalue weighted by atomic mass is 32.2. The van der Waals surface area contributed by atoms with Crippen molar-refractivity contribution < 1.29 is 14.7 Å². The molecule has 2 heterocycles. The van der Waals surface area contributed by atoms with Gasteiger partial charge in [-0.1, -0.05) is 72.5 Å². The number of nitrogens with zero attached hydrogens (tertiary/aromatic N) is 2. The van der Waals surface area contributed by atoms with Gasteiger partial charge < -0.3 is 9.67 Å². The molecule has 2 aromatic carbocycles. The van der Waals surface area contributed by atoms with Gasteiger partial charge >= 0.3 is 5.97 Å². The van der Waals surface area contributed by atoms with Crippen molar-refractivity contribution in [3.8, 4) is 0 Å². The number of carboxylic acid groups (broad SMARTS) is 1. The van der Waals surface area contributed by atoms with Crippen LogP contribution in [-0.2, 0) is 16.6 Å². The number of amides is 1. The molecular weight excluding hydrogens is 392 g/mol. The number of carbonyl (C=O) groups excluding carboxylic acids is 1. The fourth-order valence-electron chi connectivity index (χ4n) is 3.37. The van der Waals surface area contributed by atoms with Crippen molar-refractivity contribution in [2.45, 2.75) is 6.04 Å². The second-order valence-electron chi connectivity index (χ2n) is 6.42. The van der Waals surface area contributed by atoms with Crippen LogP contribution in [-0.4, -0.2) is 30.8 Å². The van der Waals surface area contributed by atoms with E-state index in [1.165, 1.54) is 4.90 Å². The number of fused-ring (bicyclic) bond motifs is 1. The van der Waals surface area contributed by atoms with E-state index in [0.717, 1.165) is 28.2 Å². The van der Waals surface area contributed by atoms with Gasteiger partial charge in [-0.05, 0) is 17.7 Å². The van der Waals surface area contributed by atoms with Crippen molar-refractivity contribution in [2.24, 2.45) is 7.05 Å². The number of thioether (sulfide) groups is 1. The van der Waals surface area contributed by atoms with Crippen LogP contribution in [0, 0.1) is 0 Å². The molecule has 1 atom stereocenters. The lowest BCUT2D eigenvalue weighted by atomic mass is 10.1. The molecule has 4 rings (SSSR count). The third kappa shape index (κ3) is 3.12. The number of aromatic nitrogens is 1. The van der Waals surface area contributed by atoms with E-state index in [4.69, 9.17) is 12.2 Å². The standard InChI is InChI=1S/C21H16N2O3S2/c1-22-12-14(15-9-5-6-10-16(15)22)11-17-19(24)23(21(27)28-17)18(20(25)26)13-7-3-2-4-8-13/h2-12,18H,1H3,(H,25,26). The molecule has 0 spiro atoms. The maximum Gasteiger partial charge on any atom is 0.331 e. The Morgan fingerprint density at radius 1 is 1.14 bits per heavy atom. The van der Waals surface area contributed by atoms with Crippen LogP contribution in [0.3, 0.4) is 0 Å². The smallest absolute Gasteiger partial charge is 0.331 e. The van der Waals surface area contributed by atoms with Crippen molar-refractivity contribution in [3.63, 3.8) is 0 Å². The van der Waals surface area contributed by atoms with E-state index in [0.29, 0.717) is 10.5 Å². The maximum atomic E-state index is 13.1. The summed E-state index contributed by atoms with van der Waals surface area (Å²) in [6.07, 6.45) is 3.73. The summed E-state index contributed by atoms with van der Waals surface area (Å²) < 4.78 is 2.24. The molecule has 1 amide bonds. The Hall–Kier alpha value is -2.90. The molecule has 5 nitrogen and oxygen atoms in total. The molecule has 0 aliphatic carbocycles. The van der Waals surface area contributed by atoms with E-state index < -0.39 is 12.0 Å². The molecule has 7 heteroatoms. The summed E-state index contributed by atoms with van der Waals surface area (Å²) in [5.74, 6) is -1.51. The highest BCUT2D eigenvalue weighted by Gasteiger charge is 2.41. The molecule has 0 bridgehead atoms. The van der Waals surface area contributed by atoms with Crippen LogP contribution in [0.1, 0.15) is 17.2 Å². The highest BCUT2D eigenvalue weighted by Crippen LogP contribution is 2.39. The first-order valence-corrected chi connectivity index (χ1v) is 9.78. The van der Waals surface area contributed by atoms with Gasteiger partial charge in [-0.3, -0.25) is 9.69 Å². The summed E-state index contributed by atoms with van der Waals surface area (Å²) in [5.41, 5.74) is 2.46. The molecule has 28 heavy (non-hydrogen) atoms. The molecule has 140 valence electrons.